The Hall–Kier alpha value is -0.900. The molecule has 0 bridgehead atoms. The van der Waals surface area contributed by atoms with E-state index in [1.54, 1.807) is 6.33 Å². The van der Waals surface area contributed by atoms with E-state index in [-0.39, 0.29) is 16.9 Å². The molecule has 1 fully saturated rings. The molecule has 4 heteroatoms. The van der Waals surface area contributed by atoms with Gasteiger partial charge in [-0.25, -0.2) is 9.67 Å². The Bertz CT molecular complexity index is 458. The Morgan fingerprint density at radius 3 is 2.20 bits per heavy atom. The summed E-state index contributed by atoms with van der Waals surface area (Å²) in [5.74, 6) is 0.899. The van der Waals surface area contributed by atoms with Gasteiger partial charge < -0.3 is 5.11 Å². The largest absolute Gasteiger partial charge is 0.389 e. The summed E-state index contributed by atoms with van der Waals surface area (Å²) in [5.41, 5.74) is -0.344. The number of rotatable bonds is 3. The molecule has 114 valence electrons. The minimum absolute atomic E-state index is 0.166. The molecule has 1 aliphatic carbocycles. The zero-order chi connectivity index (χ0) is 15.2. The fraction of sp³-hybridized carbons (Fsp3) is 0.875. The highest BCUT2D eigenvalue weighted by atomic mass is 16.3. The van der Waals surface area contributed by atoms with Gasteiger partial charge in [0.25, 0.3) is 0 Å². The van der Waals surface area contributed by atoms with Gasteiger partial charge >= 0.3 is 0 Å². The van der Waals surface area contributed by atoms with Crippen molar-refractivity contribution in [2.24, 2.45) is 10.8 Å². The Labute approximate surface area is 122 Å². The van der Waals surface area contributed by atoms with Gasteiger partial charge in [0.15, 0.2) is 0 Å². The highest BCUT2D eigenvalue weighted by molar-refractivity contribution is 5.03. The molecule has 1 aromatic rings. The van der Waals surface area contributed by atoms with Gasteiger partial charge in [-0.05, 0) is 43.9 Å². The van der Waals surface area contributed by atoms with Crippen molar-refractivity contribution in [1.29, 1.82) is 0 Å². The summed E-state index contributed by atoms with van der Waals surface area (Å²) in [7, 11) is 0. The predicted molar refractivity (Wildman–Crippen MR) is 80.5 cm³/mol. The molecular weight excluding hydrogens is 250 g/mol. The lowest BCUT2D eigenvalue weighted by atomic mass is 9.59. The zero-order valence-corrected chi connectivity index (χ0v) is 13.8. The second-order valence-corrected chi connectivity index (χ2v) is 8.47. The Balaban J connectivity index is 2.24. The van der Waals surface area contributed by atoms with Crippen LogP contribution in [0.1, 0.15) is 72.7 Å². The van der Waals surface area contributed by atoms with Gasteiger partial charge in [-0.2, -0.15) is 5.10 Å². The van der Waals surface area contributed by atoms with Gasteiger partial charge in [0.05, 0.1) is 5.60 Å². The van der Waals surface area contributed by atoms with Crippen molar-refractivity contribution < 1.29 is 5.11 Å². The maximum absolute atomic E-state index is 11.1. The van der Waals surface area contributed by atoms with Gasteiger partial charge in [0, 0.05) is 12.5 Å². The van der Waals surface area contributed by atoms with Crippen LogP contribution in [-0.2, 0) is 6.42 Å². The molecule has 4 nitrogen and oxygen atoms in total. The lowest BCUT2D eigenvalue weighted by Crippen LogP contribution is -2.47. The van der Waals surface area contributed by atoms with Crippen molar-refractivity contribution in [3.05, 3.63) is 12.2 Å². The number of hydrogen-bond acceptors (Lipinski definition) is 3. The van der Waals surface area contributed by atoms with Crippen LogP contribution in [0.4, 0.5) is 0 Å². The Kier molecular flexibility index (Phi) is 3.74. The van der Waals surface area contributed by atoms with Crippen molar-refractivity contribution in [2.45, 2.75) is 78.9 Å². The number of nitrogens with zero attached hydrogens (tertiary/aromatic N) is 3. The predicted octanol–water partition coefficient (Wildman–Crippen LogP) is 3.37. The van der Waals surface area contributed by atoms with E-state index in [1.165, 1.54) is 0 Å². The second kappa shape index (κ2) is 4.83. The first-order valence-corrected chi connectivity index (χ1v) is 7.63. The zero-order valence-electron chi connectivity index (χ0n) is 13.8. The van der Waals surface area contributed by atoms with E-state index in [0.29, 0.717) is 6.42 Å². The quantitative estimate of drug-likeness (QED) is 0.923. The molecule has 1 saturated carbocycles. The maximum Gasteiger partial charge on any atom is 0.138 e. The summed E-state index contributed by atoms with van der Waals surface area (Å²) in [5, 5.41) is 15.4. The normalized spacial score (nSPS) is 24.0. The van der Waals surface area contributed by atoms with Crippen molar-refractivity contribution in [3.8, 4) is 0 Å². The third-order valence-electron chi connectivity index (χ3n) is 4.20. The minimum atomic E-state index is -0.676. The van der Waals surface area contributed by atoms with Crippen molar-refractivity contribution in [2.75, 3.05) is 0 Å². The minimum Gasteiger partial charge on any atom is -0.389 e. The summed E-state index contributed by atoms with van der Waals surface area (Å²) in [4.78, 5) is 4.36. The molecule has 0 saturated heterocycles. The number of aromatic nitrogens is 3. The van der Waals surface area contributed by atoms with Crippen molar-refractivity contribution in [1.82, 2.24) is 14.8 Å². The highest BCUT2D eigenvalue weighted by Crippen LogP contribution is 2.50. The fourth-order valence-electron chi connectivity index (χ4n) is 4.52. The lowest BCUT2D eigenvalue weighted by molar-refractivity contribution is -0.0866. The molecule has 0 aromatic carbocycles. The third-order valence-corrected chi connectivity index (χ3v) is 4.20. The molecule has 0 radical (unpaired) electrons. The van der Waals surface area contributed by atoms with Crippen LogP contribution in [0.2, 0.25) is 0 Å². The van der Waals surface area contributed by atoms with Crippen LogP contribution < -0.4 is 0 Å². The molecule has 0 unspecified atom stereocenters. The van der Waals surface area contributed by atoms with Gasteiger partial charge in [0.2, 0.25) is 0 Å². The van der Waals surface area contributed by atoms with E-state index < -0.39 is 5.60 Å². The van der Waals surface area contributed by atoms with Crippen LogP contribution in [0.25, 0.3) is 0 Å². The molecule has 0 atom stereocenters. The Morgan fingerprint density at radius 1 is 1.15 bits per heavy atom. The van der Waals surface area contributed by atoms with Crippen LogP contribution in [0.5, 0.6) is 0 Å². The summed E-state index contributed by atoms with van der Waals surface area (Å²) in [6.07, 6.45) is 5.00. The van der Waals surface area contributed by atoms with Gasteiger partial charge in [-0.1, -0.05) is 27.7 Å². The summed E-state index contributed by atoms with van der Waals surface area (Å²) in [6.45, 7) is 13.2. The van der Waals surface area contributed by atoms with Crippen LogP contribution >= 0.6 is 0 Å². The molecule has 20 heavy (non-hydrogen) atoms. The average Bonchev–Trinajstić information content (AvgIpc) is 2.58. The van der Waals surface area contributed by atoms with Gasteiger partial charge in [-0.3, -0.25) is 0 Å². The van der Waals surface area contributed by atoms with Gasteiger partial charge in [0.1, 0.15) is 12.2 Å². The molecule has 0 spiro atoms. The standard InChI is InChI=1S/C16H29N3O/c1-12(2)19-13(17-11-18-19)7-16(20)9-14(3,4)8-15(5,6)10-16/h11-12,20H,7-10H2,1-6H3. The van der Waals surface area contributed by atoms with E-state index >= 15 is 0 Å². The highest BCUT2D eigenvalue weighted by Gasteiger charge is 2.46. The molecular formula is C16H29N3O. The molecule has 1 N–H and O–H groups in total. The van der Waals surface area contributed by atoms with Crippen LogP contribution in [-0.4, -0.2) is 25.5 Å². The summed E-state index contributed by atoms with van der Waals surface area (Å²) >= 11 is 0. The molecule has 1 aliphatic rings. The first-order valence-electron chi connectivity index (χ1n) is 7.63. The molecule has 2 rings (SSSR count). The van der Waals surface area contributed by atoms with Crippen LogP contribution in [0.15, 0.2) is 6.33 Å². The topological polar surface area (TPSA) is 50.9 Å². The summed E-state index contributed by atoms with van der Waals surface area (Å²) < 4.78 is 1.92. The lowest BCUT2D eigenvalue weighted by Gasteiger charge is -2.49. The first kappa shape index (κ1) is 15.5. The fourth-order valence-corrected chi connectivity index (χ4v) is 4.52. The van der Waals surface area contributed by atoms with Crippen molar-refractivity contribution >= 4 is 0 Å². The SMILES string of the molecule is CC(C)n1ncnc1CC1(O)CC(C)(C)CC(C)(C)C1. The molecule has 1 heterocycles. The van der Waals surface area contributed by atoms with E-state index in [2.05, 4.69) is 51.6 Å². The second-order valence-electron chi connectivity index (χ2n) is 8.47. The molecule has 0 amide bonds. The van der Waals surface area contributed by atoms with Gasteiger partial charge in [-0.15, -0.1) is 0 Å². The van der Waals surface area contributed by atoms with Crippen LogP contribution in [0.3, 0.4) is 0 Å². The van der Waals surface area contributed by atoms with E-state index in [9.17, 15) is 5.11 Å². The maximum atomic E-state index is 11.1. The number of hydrogen-bond donors (Lipinski definition) is 1. The Morgan fingerprint density at radius 2 is 1.70 bits per heavy atom. The summed E-state index contributed by atoms with van der Waals surface area (Å²) in [6, 6.07) is 0.278. The van der Waals surface area contributed by atoms with Crippen LogP contribution in [0, 0.1) is 10.8 Å². The third kappa shape index (κ3) is 3.40. The molecule has 1 aromatic heterocycles. The van der Waals surface area contributed by atoms with E-state index in [0.717, 1.165) is 25.1 Å². The number of aliphatic hydroxyl groups is 1. The van der Waals surface area contributed by atoms with Crippen molar-refractivity contribution in [3.63, 3.8) is 0 Å². The van der Waals surface area contributed by atoms with E-state index in [1.807, 2.05) is 4.68 Å². The smallest absolute Gasteiger partial charge is 0.138 e. The average molecular weight is 279 g/mol. The molecule has 0 aliphatic heterocycles. The first-order chi connectivity index (χ1) is 9.02. The monoisotopic (exact) mass is 279 g/mol. The van der Waals surface area contributed by atoms with E-state index in [4.69, 9.17) is 0 Å².